The van der Waals surface area contributed by atoms with Crippen molar-refractivity contribution < 1.29 is 31.2 Å². The van der Waals surface area contributed by atoms with Crippen molar-refractivity contribution in [2.75, 3.05) is 0 Å². The molecular formula is C7H4ClF3N2O5S. The topological polar surface area (TPSA) is 99.4 Å². The summed E-state index contributed by atoms with van der Waals surface area (Å²) in [4.78, 5) is 11.2. The Hall–Kier alpha value is -1.62. The van der Waals surface area contributed by atoms with Crippen LogP contribution in [0.1, 0.15) is 5.69 Å². The van der Waals surface area contributed by atoms with Crippen LogP contribution < -0.4 is 4.74 Å². The van der Waals surface area contributed by atoms with Crippen LogP contribution in [-0.2, 0) is 9.05 Å². The van der Waals surface area contributed by atoms with Crippen LogP contribution in [0, 0.1) is 17.0 Å². The van der Waals surface area contributed by atoms with Gasteiger partial charge in [-0.05, 0) is 6.92 Å². The third kappa shape index (κ3) is 3.92. The lowest BCUT2D eigenvalue weighted by molar-refractivity contribution is -0.388. The summed E-state index contributed by atoms with van der Waals surface area (Å²) >= 11 is 0. The Bertz CT molecular complexity index is 630. The number of rotatable bonds is 3. The van der Waals surface area contributed by atoms with Crippen LogP contribution in [0.25, 0.3) is 0 Å². The second-order valence-electron chi connectivity index (χ2n) is 3.16. The summed E-state index contributed by atoms with van der Waals surface area (Å²) in [6.45, 7) is 1.13. The Morgan fingerprint density at radius 2 is 2.00 bits per heavy atom. The molecule has 0 fully saturated rings. The normalized spacial score (nSPS) is 12.3. The van der Waals surface area contributed by atoms with Crippen molar-refractivity contribution >= 4 is 25.4 Å². The highest BCUT2D eigenvalue weighted by Gasteiger charge is 2.38. The van der Waals surface area contributed by atoms with E-state index in [1.165, 1.54) is 0 Å². The summed E-state index contributed by atoms with van der Waals surface area (Å²) in [7, 11) is 0.0193. The highest BCUT2D eigenvalue weighted by atomic mass is 35.7. The van der Waals surface area contributed by atoms with Crippen LogP contribution in [0.4, 0.5) is 18.9 Å². The number of alkyl halides is 3. The summed E-state index contributed by atoms with van der Waals surface area (Å²) in [6.07, 6.45) is -5.27. The first-order valence-corrected chi connectivity index (χ1v) is 6.59. The van der Waals surface area contributed by atoms with Gasteiger partial charge in [0.2, 0.25) is 10.8 Å². The first kappa shape index (κ1) is 15.4. The molecule has 106 valence electrons. The molecule has 0 aliphatic rings. The molecule has 1 aromatic heterocycles. The van der Waals surface area contributed by atoms with Gasteiger partial charge in [-0.3, -0.25) is 10.1 Å². The number of ether oxygens (including phenoxy) is 1. The Morgan fingerprint density at radius 3 is 2.37 bits per heavy atom. The third-order valence-electron chi connectivity index (χ3n) is 1.70. The molecule has 0 N–H and O–H groups in total. The quantitative estimate of drug-likeness (QED) is 0.480. The molecule has 1 aromatic rings. The molecule has 19 heavy (non-hydrogen) atoms. The SMILES string of the molecule is Cc1cc([N+](=O)[O-])c(S(=O)(=O)Cl)c(OC(F)(F)F)n1. The first-order valence-electron chi connectivity index (χ1n) is 4.28. The second kappa shape index (κ2) is 4.81. The van der Waals surface area contributed by atoms with Gasteiger partial charge in [0.25, 0.3) is 14.7 Å². The van der Waals surface area contributed by atoms with E-state index in [-0.39, 0.29) is 5.69 Å². The minimum Gasteiger partial charge on any atom is -0.386 e. The Kier molecular flexibility index (Phi) is 3.91. The number of aromatic nitrogens is 1. The van der Waals surface area contributed by atoms with E-state index in [0.29, 0.717) is 6.07 Å². The van der Waals surface area contributed by atoms with Crippen molar-refractivity contribution in [3.05, 3.63) is 21.9 Å². The number of nitro groups is 1. The summed E-state index contributed by atoms with van der Waals surface area (Å²) in [5.41, 5.74) is -1.39. The lowest BCUT2D eigenvalue weighted by atomic mass is 10.3. The Balaban J connectivity index is 3.66. The molecule has 0 radical (unpaired) electrons. The van der Waals surface area contributed by atoms with Crippen LogP contribution in [-0.4, -0.2) is 24.7 Å². The van der Waals surface area contributed by atoms with Crippen LogP contribution >= 0.6 is 10.7 Å². The zero-order chi connectivity index (χ0) is 15.0. The number of aryl methyl sites for hydroxylation is 1. The fraction of sp³-hybridized carbons (Fsp3) is 0.286. The van der Waals surface area contributed by atoms with E-state index in [1.807, 2.05) is 0 Å². The molecule has 0 spiro atoms. The van der Waals surface area contributed by atoms with Crippen molar-refractivity contribution in [2.24, 2.45) is 0 Å². The van der Waals surface area contributed by atoms with E-state index in [4.69, 9.17) is 10.7 Å². The monoisotopic (exact) mass is 320 g/mol. The number of nitrogens with zero attached hydrogens (tertiary/aromatic N) is 2. The zero-order valence-electron chi connectivity index (χ0n) is 8.93. The van der Waals surface area contributed by atoms with Gasteiger partial charge in [0.05, 0.1) is 4.92 Å². The molecule has 0 unspecified atom stereocenters. The van der Waals surface area contributed by atoms with Crippen LogP contribution in [0.3, 0.4) is 0 Å². The molecule has 0 bridgehead atoms. The summed E-state index contributed by atoms with van der Waals surface area (Å²) in [6, 6.07) is 0.665. The lowest BCUT2D eigenvalue weighted by Crippen LogP contribution is -2.20. The predicted molar refractivity (Wildman–Crippen MR) is 55.4 cm³/mol. The average molecular weight is 321 g/mol. The number of hydrogen-bond acceptors (Lipinski definition) is 6. The van der Waals surface area contributed by atoms with Crippen LogP contribution in [0.15, 0.2) is 11.0 Å². The second-order valence-corrected chi connectivity index (χ2v) is 5.66. The van der Waals surface area contributed by atoms with Gasteiger partial charge in [-0.1, -0.05) is 0 Å². The van der Waals surface area contributed by atoms with Crippen LogP contribution in [0.5, 0.6) is 5.88 Å². The molecule has 0 aromatic carbocycles. The maximum atomic E-state index is 12.1. The maximum Gasteiger partial charge on any atom is 0.574 e. The molecule has 0 amide bonds. The van der Waals surface area contributed by atoms with Gasteiger partial charge in [-0.25, -0.2) is 13.4 Å². The molecule has 0 saturated carbocycles. The van der Waals surface area contributed by atoms with Gasteiger partial charge in [0.1, 0.15) is 0 Å². The van der Waals surface area contributed by atoms with Gasteiger partial charge in [0, 0.05) is 22.4 Å². The van der Waals surface area contributed by atoms with Crippen molar-refractivity contribution in [1.82, 2.24) is 4.98 Å². The molecule has 7 nitrogen and oxygen atoms in total. The van der Waals surface area contributed by atoms with Crippen molar-refractivity contribution in [3.63, 3.8) is 0 Å². The average Bonchev–Trinajstić information content (AvgIpc) is 2.10. The van der Waals surface area contributed by atoms with E-state index in [2.05, 4.69) is 9.72 Å². The van der Waals surface area contributed by atoms with E-state index < -0.39 is 36.8 Å². The van der Waals surface area contributed by atoms with Gasteiger partial charge in [-0.15, -0.1) is 13.2 Å². The van der Waals surface area contributed by atoms with E-state index in [9.17, 15) is 31.7 Å². The number of hydrogen-bond donors (Lipinski definition) is 0. The molecule has 1 heterocycles. The minimum atomic E-state index is -5.27. The molecule has 0 saturated heterocycles. The predicted octanol–water partition coefficient (Wildman–Crippen LogP) is 2.12. The largest absolute Gasteiger partial charge is 0.574 e. The fourth-order valence-corrected chi connectivity index (χ4v) is 2.27. The summed E-state index contributed by atoms with van der Waals surface area (Å²) < 4.78 is 62.0. The number of halogens is 4. The zero-order valence-corrected chi connectivity index (χ0v) is 10.5. The van der Waals surface area contributed by atoms with Crippen molar-refractivity contribution in [2.45, 2.75) is 18.2 Å². The molecule has 0 aliphatic heterocycles. The molecule has 12 heteroatoms. The smallest absolute Gasteiger partial charge is 0.386 e. The Morgan fingerprint density at radius 1 is 1.47 bits per heavy atom. The minimum absolute atomic E-state index is 0.241. The molecule has 1 rings (SSSR count). The van der Waals surface area contributed by atoms with Crippen molar-refractivity contribution in [3.8, 4) is 5.88 Å². The molecular weight excluding hydrogens is 317 g/mol. The van der Waals surface area contributed by atoms with Gasteiger partial charge in [0.15, 0.2) is 0 Å². The third-order valence-corrected chi connectivity index (χ3v) is 3.04. The molecule has 0 atom stereocenters. The van der Waals surface area contributed by atoms with E-state index in [0.717, 1.165) is 6.92 Å². The van der Waals surface area contributed by atoms with E-state index in [1.54, 1.807) is 0 Å². The van der Waals surface area contributed by atoms with Gasteiger partial charge >= 0.3 is 6.36 Å². The Labute approximate surface area is 108 Å². The van der Waals surface area contributed by atoms with Gasteiger partial charge < -0.3 is 4.74 Å². The standard InChI is InChI=1S/C7H4ClF3N2O5S/c1-3-2-4(13(14)15)5(19(8,16)17)6(12-3)18-7(9,10)11/h2H,1H3. The van der Waals surface area contributed by atoms with E-state index >= 15 is 0 Å². The highest BCUT2D eigenvalue weighted by Crippen LogP contribution is 2.36. The molecule has 0 aliphatic carbocycles. The van der Waals surface area contributed by atoms with Gasteiger partial charge in [-0.2, -0.15) is 0 Å². The fourth-order valence-electron chi connectivity index (χ4n) is 1.16. The first-order chi connectivity index (χ1) is 8.42. The number of pyridine rings is 1. The lowest BCUT2D eigenvalue weighted by Gasteiger charge is -2.11. The van der Waals surface area contributed by atoms with Crippen molar-refractivity contribution in [1.29, 1.82) is 0 Å². The summed E-state index contributed by atoms with van der Waals surface area (Å²) in [5, 5.41) is 10.7. The highest BCUT2D eigenvalue weighted by molar-refractivity contribution is 8.14. The maximum absolute atomic E-state index is 12.1. The van der Waals surface area contributed by atoms with Crippen LogP contribution in [0.2, 0.25) is 0 Å². The summed E-state index contributed by atoms with van der Waals surface area (Å²) in [5.74, 6) is -1.49.